The number of ether oxygens (including phenoxy) is 7. The van der Waals surface area contributed by atoms with E-state index >= 15 is 0 Å². The summed E-state index contributed by atoms with van der Waals surface area (Å²) in [5.74, 6) is -2.38. The fraction of sp³-hybridized carbons (Fsp3) is 0.438. The van der Waals surface area contributed by atoms with E-state index in [4.69, 9.17) is 33.2 Å². The second-order valence-electron chi connectivity index (χ2n) is 10.2. The number of hydrogen-bond donors (Lipinski definition) is 0. The Morgan fingerprint density at radius 3 is 1.80 bits per heavy atom. The molecule has 2 aliphatic rings. The van der Waals surface area contributed by atoms with Crippen LogP contribution >= 0.6 is 11.8 Å². The maximum atomic E-state index is 6.75. The van der Waals surface area contributed by atoms with Crippen molar-refractivity contribution in [3.63, 3.8) is 0 Å². The van der Waals surface area contributed by atoms with Crippen LogP contribution in [-0.4, -0.2) is 62.3 Å². The molecule has 2 unspecified atom stereocenters. The molecule has 2 saturated heterocycles. The molecule has 5 rings (SSSR count). The Kier molecular flexibility index (Phi) is 9.60. The van der Waals surface area contributed by atoms with Gasteiger partial charge >= 0.3 is 0 Å². The van der Waals surface area contributed by atoms with Crippen LogP contribution < -0.4 is 0 Å². The zero-order valence-corrected chi connectivity index (χ0v) is 24.3. The Balaban J connectivity index is 1.44. The van der Waals surface area contributed by atoms with Gasteiger partial charge in [-0.1, -0.05) is 90.6 Å². The number of hydrogen-bond acceptors (Lipinski definition) is 8. The van der Waals surface area contributed by atoms with Crippen LogP contribution in [0.1, 0.15) is 25.0 Å². The molecule has 0 saturated carbocycles. The summed E-state index contributed by atoms with van der Waals surface area (Å²) in [6.45, 7) is 4.81. The number of fused-ring (bicyclic) bond motifs is 1. The Bertz CT molecular complexity index is 1180. The highest BCUT2D eigenvalue weighted by Gasteiger charge is 2.62. The van der Waals surface area contributed by atoms with Crippen molar-refractivity contribution in [2.75, 3.05) is 20.8 Å². The van der Waals surface area contributed by atoms with E-state index in [1.807, 2.05) is 92.7 Å². The molecule has 2 fully saturated rings. The van der Waals surface area contributed by atoms with E-state index in [0.717, 1.165) is 16.0 Å². The zero-order valence-electron chi connectivity index (χ0n) is 23.4. The minimum atomic E-state index is -1.19. The third-order valence-electron chi connectivity index (χ3n) is 7.59. The second-order valence-corrected chi connectivity index (χ2v) is 11.4. The quantitative estimate of drug-likeness (QED) is 0.288. The SMILES string of the molecule is COC1(C)O[C@@H]2[C@@H](OCc3ccccc3)[C@H](Sc3ccccc3)O[C@H](COCc3ccccc3)[C@H]2OC1(C)OC. The Labute approximate surface area is 241 Å². The maximum Gasteiger partial charge on any atom is 0.220 e. The summed E-state index contributed by atoms with van der Waals surface area (Å²) < 4.78 is 44.6. The van der Waals surface area contributed by atoms with Crippen LogP contribution in [0.25, 0.3) is 0 Å². The van der Waals surface area contributed by atoms with Gasteiger partial charge in [-0.25, -0.2) is 0 Å². The summed E-state index contributed by atoms with van der Waals surface area (Å²) in [5, 5.41) is 0. The highest BCUT2D eigenvalue weighted by Crippen LogP contribution is 2.46. The lowest BCUT2D eigenvalue weighted by Gasteiger charge is -2.57. The van der Waals surface area contributed by atoms with Crippen molar-refractivity contribution in [1.29, 1.82) is 0 Å². The summed E-state index contributed by atoms with van der Waals surface area (Å²) in [4.78, 5) is 1.07. The molecule has 0 aliphatic carbocycles. The Hall–Kier alpha value is -2.27. The van der Waals surface area contributed by atoms with E-state index in [-0.39, 0.29) is 0 Å². The zero-order chi connectivity index (χ0) is 28.0. The van der Waals surface area contributed by atoms with Gasteiger partial charge in [0.25, 0.3) is 0 Å². The molecule has 0 radical (unpaired) electrons. The van der Waals surface area contributed by atoms with Gasteiger partial charge in [0.1, 0.15) is 29.9 Å². The molecule has 0 bridgehead atoms. The molecule has 3 aromatic carbocycles. The normalized spacial score (nSPS) is 31.9. The van der Waals surface area contributed by atoms with E-state index in [1.54, 1.807) is 26.0 Å². The fourth-order valence-corrected chi connectivity index (χ4v) is 6.18. The van der Waals surface area contributed by atoms with Crippen molar-refractivity contribution in [3.8, 4) is 0 Å². The molecule has 8 heteroatoms. The third kappa shape index (κ3) is 6.45. The van der Waals surface area contributed by atoms with E-state index < -0.39 is 41.4 Å². The van der Waals surface area contributed by atoms with Crippen LogP contribution in [0.2, 0.25) is 0 Å². The lowest BCUT2D eigenvalue weighted by molar-refractivity contribution is -0.471. The van der Waals surface area contributed by atoms with E-state index in [9.17, 15) is 0 Å². The Morgan fingerprint density at radius 2 is 1.23 bits per heavy atom. The van der Waals surface area contributed by atoms with Gasteiger partial charge in [0.2, 0.25) is 11.6 Å². The molecule has 7 nitrogen and oxygen atoms in total. The second kappa shape index (κ2) is 13.1. The van der Waals surface area contributed by atoms with Crippen molar-refractivity contribution in [2.24, 2.45) is 0 Å². The molecule has 0 aromatic heterocycles. The predicted molar refractivity (Wildman–Crippen MR) is 153 cm³/mol. The smallest absolute Gasteiger partial charge is 0.220 e. The molecule has 0 amide bonds. The minimum absolute atomic E-state index is 0.306. The van der Waals surface area contributed by atoms with E-state index in [2.05, 4.69) is 12.1 Å². The van der Waals surface area contributed by atoms with Crippen LogP contribution in [0.15, 0.2) is 95.9 Å². The standard InChI is InChI=1S/C32H38O7S/c1-31(33-3)32(2,34-4)39-28-27(38-31)26(22-35-20-23-14-8-5-9-15-23)37-30(40-25-18-12-7-13-19-25)29(28)36-21-24-16-10-6-11-17-24/h5-19,26-30H,20-22H2,1-4H3/t26-,27-,28+,29-,30+,31?,32?/m1/s1. The first-order valence-corrected chi connectivity index (χ1v) is 14.4. The average molecular weight is 567 g/mol. The van der Waals surface area contributed by atoms with Crippen LogP contribution in [0.3, 0.4) is 0 Å². The van der Waals surface area contributed by atoms with Crippen LogP contribution in [0, 0.1) is 0 Å². The largest absolute Gasteiger partial charge is 0.374 e. The lowest BCUT2D eigenvalue weighted by atomic mass is 9.94. The first-order valence-electron chi connectivity index (χ1n) is 13.5. The highest BCUT2D eigenvalue weighted by atomic mass is 32.2. The van der Waals surface area contributed by atoms with Crippen LogP contribution in [-0.2, 0) is 46.4 Å². The third-order valence-corrected chi connectivity index (χ3v) is 8.75. The summed E-state index contributed by atoms with van der Waals surface area (Å²) in [5.41, 5.74) is 1.75. The summed E-state index contributed by atoms with van der Waals surface area (Å²) >= 11 is 1.60. The number of benzene rings is 3. The average Bonchev–Trinajstić information content (AvgIpc) is 2.99. The van der Waals surface area contributed by atoms with Gasteiger partial charge in [-0.15, -0.1) is 0 Å². The lowest BCUT2D eigenvalue weighted by Crippen LogP contribution is -2.72. The molecular weight excluding hydrogens is 528 g/mol. The minimum Gasteiger partial charge on any atom is -0.374 e. The molecule has 2 aliphatic heterocycles. The van der Waals surface area contributed by atoms with E-state index in [0.29, 0.717) is 19.8 Å². The summed E-state index contributed by atoms with van der Waals surface area (Å²) in [7, 11) is 3.18. The summed E-state index contributed by atoms with van der Waals surface area (Å²) in [6, 6.07) is 30.3. The van der Waals surface area contributed by atoms with Gasteiger partial charge in [0, 0.05) is 19.1 Å². The molecule has 3 aromatic rings. The molecule has 2 heterocycles. The van der Waals surface area contributed by atoms with Crippen molar-refractivity contribution < 1.29 is 33.2 Å². The van der Waals surface area contributed by atoms with Crippen LogP contribution in [0.5, 0.6) is 0 Å². The van der Waals surface area contributed by atoms with Crippen molar-refractivity contribution >= 4 is 11.8 Å². The number of methoxy groups -OCH3 is 2. The van der Waals surface area contributed by atoms with Gasteiger partial charge in [-0.3, -0.25) is 0 Å². The molecular formula is C32H38O7S. The number of rotatable bonds is 11. The number of thioether (sulfide) groups is 1. The first-order chi connectivity index (χ1) is 19.4. The fourth-order valence-electron chi connectivity index (χ4n) is 5.03. The topological polar surface area (TPSA) is 64.6 Å². The Morgan fingerprint density at radius 1 is 0.700 bits per heavy atom. The molecule has 7 atom stereocenters. The molecule has 214 valence electrons. The van der Waals surface area contributed by atoms with Gasteiger partial charge in [-0.2, -0.15) is 0 Å². The van der Waals surface area contributed by atoms with Crippen molar-refractivity contribution in [2.45, 2.75) is 73.4 Å². The van der Waals surface area contributed by atoms with Crippen molar-refractivity contribution in [3.05, 3.63) is 102 Å². The molecule has 40 heavy (non-hydrogen) atoms. The van der Waals surface area contributed by atoms with E-state index in [1.165, 1.54) is 0 Å². The maximum absolute atomic E-state index is 6.75. The van der Waals surface area contributed by atoms with Crippen LogP contribution in [0.4, 0.5) is 0 Å². The van der Waals surface area contributed by atoms with Crippen molar-refractivity contribution in [1.82, 2.24) is 0 Å². The van der Waals surface area contributed by atoms with Gasteiger partial charge in [0.15, 0.2) is 0 Å². The highest BCUT2D eigenvalue weighted by molar-refractivity contribution is 7.99. The predicted octanol–water partition coefficient (Wildman–Crippen LogP) is 5.82. The molecule has 0 spiro atoms. The van der Waals surface area contributed by atoms with Gasteiger partial charge < -0.3 is 33.2 Å². The van der Waals surface area contributed by atoms with Gasteiger partial charge in [0.05, 0.1) is 19.8 Å². The van der Waals surface area contributed by atoms with Gasteiger partial charge in [-0.05, 0) is 37.1 Å². The monoisotopic (exact) mass is 566 g/mol. The first kappa shape index (κ1) is 29.2. The molecule has 0 N–H and O–H groups in total. The summed E-state index contributed by atoms with van der Waals surface area (Å²) in [6.07, 6.45) is -1.96.